The lowest BCUT2D eigenvalue weighted by Crippen LogP contribution is -2.12. The second kappa shape index (κ2) is 7.57. The van der Waals surface area contributed by atoms with Crippen LogP contribution in [0, 0.1) is 0 Å². The average Bonchev–Trinajstić information content (AvgIpc) is 2.82. The number of hydrogen-bond donors (Lipinski definition) is 1. The molecule has 0 unspecified atom stereocenters. The van der Waals surface area contributed by atoms with Gasteiger partial charge in [-0.15, -0.1) is 0 Å². The summed E-state index contributed by atoms with van der Waals surface area (Å²) in [6, 6.07) is 8.63. The predicted octanol–water partition coefficient (Wildman–Crippen LogP) is 4.36. The number of hydrogen-bond acceptors (Lipinski definition) is 4. The average molecular weight is 370 g/mol. The van der Waals surface area contributed by atoms with Crippen LogP contribution in [0.1, 0.15) is 16.8 Å². The van der Waals surface area contributed by atoms with E-state index in [2.05, 4.69) is 10.1 Å². The first-order chi connectivity index (χ1) is 12.0. The number of alkyl halides is 2. The van der Waals surface area contributed by atoms with Gasteiger partial charge in [0.25, 0.3) is 5.91 Å². The summed E-state index contributed by atoms with van der Waals surface area (Å²) in [7, 11) is 0. The highest BCUT2D eigenvalue weighted by atomic mass is 35.5. The summed E-state index contributed by atoms with van der Waals surface area (Å²) in [6.07, 6.45) is 0.722. The van der Waals surface area contributed by atoms with Gasteiger partial charge in [0.05, 0.1) is 18.2 Å². The molecule has 0 atom stereocenters. The normalized spacial score (nSPS) is 13.3. The van der Waals surface area contributed by atoms with Crippen LogP contribution in [-0.4, -0.2) is 25.7 Å². The van der Waals surface area contributed by atoms with Gasteiger partial charge in [-0.05, 0) is 36.4 Å². The predicted molar refractivity (Wildman–Crippen MR) is 88.1 cm³/mol. The van der Waals surface area contributed by atoms with Crippen LogP contribution in [0.2, 0.25) is 5.02 Å². The molecule has 1 aliphatic heterocycles. The smallest absolute Gasteiger partial charge is 0.387 e. The van der Waals surface area contributed by atoms with Crippen molar-refractivity contribution < 1.29 is 27.8 Å². The Labute approximate surface area is 147 Å². The summed E-state index contributed by atoms with van der Waals surface area (Å²) < 4.78 is 39.6. The molecule has 5 nitrogen and oxygen atoms in total. The Kier molecular flexibility index (Phi) is 5.23. The quantitative estimate of drug-likeness (QED) is 0.870. The fourth-order valence-electron chi connectivity index (χ4n) is 2.28. The van der Waals surface area contributed by atoms with Crippen molar-refractivity contribution in [3.8, 4) is 17.2 Å². The van der Waals surface area contributed by atoms with Crippen LogP contribution in [0.25, 0.3) is 0 Å². The number of carbonyl (C=O) groups is 1. The van der Waals surface area contributed by atoms with Crippen LogP contribution in [-0.2, 0) is 0 Å². The van der Waals surface area contributed by atoms with Crippen molar-refractivity contribution in [3.05, 3.63) is 47.0 Å². The first kappa shape index (κ1) is 17.3. The maximum absolute atomic E-state index is 12.4. The minimum Gasteiger partial charge on any atom is -0.489 e. The maximum atomic E-state index is 12.4. The van der Waals surface area contributed by atoms with E-state index in [1.807, 2.05) is 0 Å². The van der Waals surface area contributed by atoms with Crippen molar-refractivity contribution in [3.63, 3.8) is 0 Å². The zero-order valence-electron chi connectivity index (χ0n) is 12.9. The van der Waals surface area contributed by atoms with E-state index in [9.17, 15) is 13.6 Å². The van der Waals surface area contributed by atoms with Crippen LogP contribution >= 0.6 is 11.6 Å². The number of nitrogens with one attached hydrogen (secondary N) is 1. The molecule has 2 aromatic carbocycles. The van der Waals surface area contributed by atoms with Gasteiger partial charge < -0.3 is 19.5 Å². The number of amides is 1. The van der Waals surface area contributed by atoms with E-state index in [0.29, 0.717) is 36.0 Å². The van der Waals surface area contributed by atoms with Gasteiger partial charge in [-0.1, -0.05) is 11.6 Å². The second-order valence-corrected chi connectivity index (χ2v) is 5.60. The molecule has 0 saturated carbocycles. The largest absolute Gasteiger partial charge is 0.489 e. The summed E-state index contributed by atoms with van der Waals surface area (Å²) in [5.41, 5.74) is 0.719. The minimum atomic E-state index is -2.90. The van der Waals surface area contributed by atoms with Crippen LogP contribution < -0.4 is 19.5 Å². The lowest BCUT2D eigenvalue weighted by Gasteiger charge is -2.12. The zero-order valence-corrected chi connectivity index (χ0v) is 13.7. The fraction of sp³-hybridized carbons (Fsp3) is 0.235. The van der Waals surface area contributed by atoms with Crippen molar-refractivity contribution in [1.82, 2.24) is 0 Å². The van der Waals surface area contributed by atoms with E-state index < -0.39 is 12.5 Å². The van der Waals surface area contributed by atoms with Crippen LogP contribution in [0.15, 0.2) is 36.4 Å². The van der Waals surface area contributed by atoms with Gasteiger partial charge in [0, 0.05) is 17.7 Å². The Morgan fingerprint density at radius 1 is 1.16 bits per heavy atom. The second-order valence-electron chi connectivity index (χ2n) is 5.19. The molecule has 0 saturated heterocycles. The number of anilines is 1. The van der Waals surface area contributed by atoms with Gasteiger partial charge in [0.1, 0.15) is 5.75 Å². The van der Waals surface area contributed by atoms with E-state index in [1.54, 1.807) is 6.07 Å². The summed E-state index contributed by atoms with van der Waals surface area (Å²) in [5.74, 6) is 0.423. The Morgan fingerprint density at radius 3 is 2.60 bits per heavy atom. The molecule has 0 fully saturated rings. The summed E-state index contributed by atoms with van der Waals surface area (Å²) >= 11 is 6.16. The van der Waals surface area contributed by atoms with Gasteiger partial charge in [-0.2, -0.15) is 8.78 Å². The van der Waals surface area contributed by atoms with Crippen LogP contribution in [0.5, 0.6) is 17.2 Å². The number of halogens is 3. The van der Waals surface area contributed by atoms with Crippen LogP contribution in [0.4, 0.5) is 14.5 Å². The molecule has 1 N–H and O–H groups in total. The highest BCUT2D eigenvalue weighted by Gasteiger charge is 2.18. The van der Waals surface area contributed by atoms with E-state index >= 15 is 0 Å². The highest BCUT2D eigenvalue weighted by Crippen LogP contribution is 2.38. The third-order valence-electron chi connectivity index (χ3n) is 3.40. The van der Waals surface area contributed by atoms with Crippen LogP contribution in [0.3, 0.4) is 0 Å². The molecule has 0 radical (unpaired) electrons. The SMILES string of the molecule is O=C(Nc1ccc(OC(F)F)cc1)c1cc(Cl)c2c(c1)OCCCO2. The first-order valence-corrected chi connectivity index (χ1v) is 7.86. The molecular weight excluding hydrogens is 356 g/mol. The molecular formula is C17H14ClF2NO4. The fourth-order valence-corrected chi connectivity index (χ4v) is 2.55. The molecule has 3 rings (SSSR count). The minimum absolute atomic E-state index is 0.00613. The number of carbonyl (C=O) groups excluding carboxylic acids is 1. The Morgan fingerprint density at radius 2 is 1.88 bits per heavy atom. The van der Waals surface area contributed by atoms with Gasteiger partial charge in [-0.3, -0.25) is 4.79 Å². The Balaban J connectivity index is 1.75. The van der Waals surface area contributed by atoms with Crippen molar-refractivity contribution >= 4 is 23.2 Å². The molecule has 0 aliphatic carbocycles. The summed E-state index contributed by atoms with van der Waals surface area (Å²) in [5, 5.41) is 2.93. The molecule has 0 bridgehead atoms. The molecule has 0 aromatic heterocycles. The molecule has 1 heterocycles. The standard InChI is InChI=1S/C17H14ClF2NO4/c18-13-8-10(9-14-15(13)24-7-1-6-23-14)16(22)21-11-2-4-12(5-3-11)25-17(19)20/h2-5,8-9,17H,1,6-7H2,(H,21,22). The van der Waals surface area contributed by atoms with Crippen molar-refractivity contribution in [2.75, 3.05) is 18.5 Å². The Hall–Kier alpha value is -2.54. The molecule has 132 valence electrons. The number of ether oxygens (including phenoxy) is 3. The van der Waals surface area contributed by atoms with Gasteiger partial charge >= 0.3 is 6.61 Å². The lowest BCUT2D eigenvalue weighted by atomic mass is 10.1. The highest BCUT2D eigenvalue weighted by molar-refractivity contribution is 6.32. The summed E-state index contributed by atoms with van der Waals surface area (Å²) in [6.45, 7) is -1.94. The zero-order chi connectivity index (χ0) is 17.8. The van der Waals surface area contributed by atoms with Crippen molar-refractivity contribution in [2.24, 2.45) is 0 Å². The topological polar surface area (TPSA) is 56.8 Å². The van der Waals surface area contributed by atoms with E-state index in [4.69, 9.17) is 21.1 Å². The third-order valence-corrected chi connectivity index (χ3v) is 3.68. The molecule has 8 heteroatoms. The van der Waals surface area contributed by atoms with Crippen molar-refractivity contribution in [1.29, 1.82) is 0 Å². The summed E-state index contributed by atoms with van der Waals surface area (Å²) in [4.78, 5) is 12.4. The van der Waals surface area contributed by atoms with Crippen molar-refractivity contribution in [2.45, 2.75) is 13.0 Å². The molecule has 2 aromatic rings. The molecule has 1 amide bonds. The number of benzene rings is 2. The lowest BCUT2D eigenvalue weighted by molar-refractivity contribution is -0.0498. The third kappa shape index (κ3) is 4.30. The van der Waals surface area contributed by atoms with Gasteiger partial charge in [0.2, 0.25) is 0 Å². The van der Waals surface area contributed by atoms with E-state index in [1.165, 1.54) is 30.3 Å². The maximum Gasteiger partial charge on any atom is 0.387 e. The van der Waals surface area contributed by atoms with E-state index in [0.717, 1.165) is 6.42 Å². The van der Waals surface area contributed by atoms with E-state index in [-0.39, 0.29) is 10.8 Å². The molecule has 0 spiro atoms. The Bertz CT molecular complexity index is 768. The monoisotopic (exact) mass is 369 g/mol. The molecule has 25 heavy (non-hydrogen) atoms. The first-order valence-electron chi connectivity index (χ1n) is 7.48. The molecule has 1 aliphatic rings. The number of rotatable bonds is 4. The van der Waals surface area contributed by atoms with Gasteiger partial charge in [0.15, 0.2) is 11.5 Å². The van der Waals surface area contributed by atoms with Gasteiger partial charge in [-0.25, -0.2) is 0 Å². The number of fused-ring (bicyclic) bond motifs is 1.